The standard InChI is InChI=1S/C20H19N2.C11H8N.Ir/c1-15(2)11-16-13-21-20(22-14-16)19-10-6-9-18(12-19)17-7-4-3-5-8-17;1-2-6-10(7-3-1)11-8-4-5-9-12-11;/h3-9,12-15H,11H2,1-2H3;1-6,8-9H;/q2*-1;. The first-order valence-corrected chi connectivity index (χ1v) is 11.5. The van der Waals surface area contributed by atoms with Crippen LogP contribution in [-0.4, -0.2) is 15.0 Å². The van der Waals surface area contributed by atoms with Crippen LogP contribution in [0, 0.1) is 18.1 Å². The van der Waals surface area contributed by atoms with Gasteiger partial charge in [0.1, 0.15) is 0 Å². The maximum Gasteiger partial charge on any atom is 0.0748 e. The fourth-order valence-electron chi connectivity index (χ4n) is 3.55. The van der Waals surface area contributed by atoms with Crippen LogP contribution < -0.4 is 0 Å². The quantitative estimate of drug-likeness (QED) is 0.190. The molecule has 35 heavy (non-hydrogen) atoms. The van der Waals surface area contributed by atoms with E-state index < -0.39 is 0 Å². The van der Waals surface area contributed by atoms with Gasteiger partial charge in [0.2, 0.25) is 0 Å². The molecule has 0 saturated heterocycles. The molecule has 5 rings (SSSR count). The van der Waals surface area contributed by atoms with Gasteiger partial charge in [-0.15, -0.1) is 71.3 Å². The predicted molar refractivity (Wildman–Crippen MR) is 139 cm³/mol. The van der Waals surface area contributed by atoms with Crippen molar-refractivity contribution >= 4 is 0 Å². The van der Waals surface area contributed by atoms with Gasteiger partial charge >= 0.3 is 0 Å². The Labute approximate surface area is 221 Å². The number of rotatable bonds is 5. The Balaban J connectivity index is 0.000000223. The SMILES string of the molecule is CC(C)Cc1cnc(-c2[c-]ccc(-c3ccccc3)c2)nc1.[Ir].[c-]1ccccc1-c1ccccn1. The van der Waals surface area contributed by atoms with Crippen molar-refractivity contribution in [2.45, 2.75) is 20.3 Å². The monoisotopic (exact) mass is 634 g/mol. The zero-order valence-electron chi connectivity index (χ0n) is 19.9. The number of nitrogens with zero attached hydrogens (tertiary/aromatic N) is 3. The van der Waals surface area contributed by atoms with Crippen molar-refractivity contribution in [2.75, 3.05) is 0 Å². The average Bonchev–Trinajstić information content (AvgIpc) is 2.91. The number of hydrogen-bond donors (Lipinski definition) is 0. The van der Waals surface area contributed by atoms with Gasteiger partial charge in [-0.1, -0.05) is 56.3 Å². The summed E-state index contributed by atoms with van der Waals surface area (Å²) in [5, 5.41) is 0. The van der Waals surface area contributed by atoms with E-state index in [-0.39, 0.29) is 20.1 Å². The summed E-state index contributed by atoms with van der Waals surface area (Å²) in [6.07, 6.45) is 6.64. The molecule has 0 spiro atoms. The van der Waals surface area contributed by atoms with Crippen LogP contribution in [0.15, 0.2) is 110 Å². The molecule has 0 unspecified atom stereocenters. The molecule has 1 radical (unpaired) electrons. The molecule has 0 atom stereocenters. The fraction of sp³-hybridized carbons (Fsp3) is 0.129. The Morgan fingerprint density at radius 3 is 2.06 bits per heavy atom. The summed E-state index contributed by atoms with van der Waals surface area (Å²) in [6, 6.07) is 36.5. The smallest absolute Gasteiger partial charge is 0.0748 e. The van der Waals surface area contributed by atoms with Crippen molar-refractivity contribution in [1.82, 2.24) is 15.0 Å². The molecule has 3 nitrogen and oxygen atoms in total. The molecule has 4 heteroatoms. The molecular weight excluding hydrogens is 607 g/mol. The third kappa shape index (κ3) is 7.78. The summed E-state index contributed by atoms with van der Waals surface area (Å²) >= 11 is 0. The second-order valence-corrected chi connectivity index (χ2v) is 8.36. The normalized spacial score (nSPS) is 10.1. The van der Waals surface area contributed by atoms with E-state index in [1.54, 1.807) is 6.20 Å². The molecular formula is C31H27IrN3-2. The van der Waals surface area contributed by atoms with Gasteiger partial charge in [-0.3, -0.25) is 9.97 Å². The second-order valence-electron chi connectivity index (χ2n) is 8.36. The Bertz CT molecular complexity index is 1240. The van der Waals surface area contributed by atoms with E-state index in [1.165, 1.54) is 11.1 Å². The van der Waals surface area contributed by atoms with Crippen molar-refractivity contribution in [3.63, 3.8) is 0 Å². The van der Waals surface area contributed by atoms with E-state index in [0.29, 0.717) is 5.92 Å². The summed E-state index contributed by atoms with van der Waals surface area (Å²) in [6.45, 7) is 4.40. The van der Waals surface area contributed by atoms with Crippen LogP contribution in [0.1, 0.15) is 19.4 Å². The maximum absolute atomic E-state index is 4.49. The molecule has 5 aromatic rings. The first kappa shape index (κ1) is 26.1. The molecule has 2 aromatic heterocycles. The van der Waals surface area contributed by atoms with E-state index in [1.807, 2.05) is 79.1 Å². The molecule has 2 heterocycles. The minimum atomic E-state index is 0. The largest absolute Gasteiger partial charge is 0.305 e. The first-order chi connectivity index (χ1) is 16.7. The van der Waals surface area contributed by atoms with Crippen LogP contribution in [0.4, 0.5) is 0 Å². The van der Waals surface area contributed by atoms with Crippen LogP contribution in [0.3, 0.4) is 0 Å². The molecule has 0 aliphatic heterocycles. The molecule has 0 aliphatic carbocycles. The molecule has 0 N–H and O–H groups in total. The van der Waals surface area contributed by atoms with Gasteiger partial charge in [0.15, 0.2) is 0 Å². The Morgan fingerprint density at radius 2 is 1.40 bits per heavy atom. The van der Waals surface area contributed by atoms with Crippen molar-refractivity contribution in [3.05, 3.63) is 127 Å². The zero-order valence-corrected chi connectivity index (χ0v) is 22.2. The first-order valence-electron chi connectivity index (χ1n) is 11.5. The van der Waals surface area contributed by atoms with Crippen molar-refractivity contribution in [2.24, 2.45) is 5.92 Å². The van der Waals surface area contributed by atoms with Gasteiger partial charge in [-0.05, 0) is 35.2 Å². The Morgan fingerprint density at radius 1 is 0.686 bits per heavy atom. The molecule has 177 valence electrons. The Kier molecular flexibility index (Phi) is 10.0. The topological polar surface area (TPSA) is 38.7 Å². The summed E-state index contributed by atoms with van der Waals surface area (Å²) in [5.74, 6) is 1.34. The van der Waals surface area contributed by atoms with Gasteiger partial charge in [0.25, 0.3) is 0 Å². The molecule has 0 bridgehead atoms. The average molecular weight is 634 g/mol. The van der Waals surface area contributed by atoms with Crippen LogP contribution in [0.5, 0.6) is 0 Å². The number of aromatic nitrogens is 3. The van der Waals surface area contributed by atoms with Crippen molar-refractivity contribution in [1.29, 1.82) is 0 Å². The van der Waals surface area contributed by atoms with Crippen LogP contribution in [-0.2, 0) is 26.5 Å². The molecule has 0 saturated carbocycles. The fourth-order valence-corrected chi connectivity index (χ4v) is 3.55. The summed E-state index contributed by atoms with van der Waals surface area (Å²) in [7, 11) is 0. The third-order valence-electron chi connectivity index (χ3n) is 5.15. The van der Waals surface area contributed by atoms with E-state index >= 15 is 0 Å². The summed E-state index contributed by atoms with van der Waals surface area (Å²) < 4.78 is 0. The predicted octanol–water partition coefficient (Wildman–Crippen LogP) is 7.36. The maximum atomic E-state index is 4.49. The third-order valence-corrected chi connectivity index (χ3v) is 5.15. The van der Waals surface area contributed by atoms with Gasteiger partial charge in [-0.25, -0.2) is 0 Å². The van der Waals surface area contributed by atoms with Crippen LogP contribution >= 0.6 is 0 Å². The Hall–Kier alpha value is -3.46. The minimum absolute atomic E-state index is 0. The van der Waals surface area contributed by atoms with Gasteiger partial charge < -0.3 is 4.98 Å². The van der Waals surface area contributed by atoms with Gasteiger partial charge in [0, 0.05) is 38.7 Å². The van der Waals surface area contributed by atoms with Gasteiger partial charge in [-0.2, -0.15) is 0 Å². The van der Waals surface area contributed by atoms with E-state index in [4.69, 9.17) is 0 Å². The second kappa shape index (κ2) is 13.4. The molecule has 3 aromatic carbocycles. The minimum Gasteiger partial charge on any atom is -0.305 e. The number of pyridine rings is 1. The molecule has 0 amide bonds. The summed E-state index contributed by atoms with van der Waals surface area (Å²) in [4.78, 5) is 13.2. The molecule has 0 aliphatic rings. The van der Waals surface area contributed by atoms with Crippen molar-refractivity contribution in [3.8, 4) is 33.8 Å². The zero-order chi connectivity index (χ0) is 23.6. The number of benzene rings is 3. The summed E-state index contributed by atoms with van der Waals surface area (Å²) in [5.41, 5.74) is 6.46. The van der Waals surface area contributed by atoms with Crippen molar-refractivity contribution < 1.29 is 20.1 Å². The van der Waals surface area contributed by atoms with E-state index in [9.17, 15) is 0 Å². The van der Waals surface area contributed by atoms with E-state index in [0.717, 1.165) is 34.6 Å². The number of hydrogen-bond acceptors (Lipinski definition) is 3. The van der Waals surface area contributed by atoms with E-state index in [2.05, 4.69) is 65.2 Å². The molecule has 0 fully saturated rings. The van der Waals surface area contributed by atoms with Gasteiger partial charge in [0.05, 0.1) is 5.82 Å². The van der Waals surface area contributed by atoms with Crippen LogP contribution in [0.25, 0.3) is 33.8 Å². The van der Waals surface area contributed by atoms with Crippen LogP contribution in [0.2, 0.25) is 0 Å².